The second-order valence-electron chi connectivity index (χ2n) is 6.35. The molecule has 1 aromatic carbocycles. The van der Waals surface area contributed by atoms with E-state index in [-0.39, 0.29) is 4.90 Å². The molecular formula is C18H21N5O3S. The molecule has 142 valence electrons. The van der Waals surface area contributed by atoms with E-state index in [4.69, 9.17) is 10.00 Å². The number of nitrogens with zero attached hydrogens (tertiary/aromatic N) is 5. The van der Waals surface area contributed by atoms with Gasteiger partial charge in [0.1, 0.15) is 22.4 Å². The number of methoxy groups -OCH3 is 1. The molecule has 0 atom stereocenters. The summed E-state index contributed by atoms with van der Waals surface area (Å²) in [4.78, 5) is 10.7. The van der Waals surface area contributed by atoms with Crippen molar-refractivity contribution in [2.24, 2.45) is 0 Å². The third-order valence-corrected chi connectivity index (χ3v) is 6.34. The minimum Gasteiger partial charge on any atom is -0.495 e. The van der Waals surface area contributed by atoms with E-state index in [1.54, 1.807) is 25.1 Å². The molecule has 0 N–H and O–H groups in total. The molecule has 9 heteroatoms. The van der Waals surface area contributed by atoms with Gasteiger partial charge in [0.2, 0.25) is 16.0 Å². The maximum absolute atomic E-state index is 13.1. The second kappa shape index (κ2) is 7.50. The maximum atomic E-state index is 13.1. The molecule has 1 aliphatic rings. The van der Waals surface area contributed by atoms with Crippen LogP contribution in [0.4, 0.5) is 5.95 Å². The van der Waals surface area contributed by atoms with E-state index >= 15 is 0 Å². The predicted molar refractivity (Wildman–Crippen MR) is 100 cm³/mol. The molecule has 1 fully saturated rings. The summed E-state index contributed by atoms with van der Waals surface area (Å²) in [6.07, 6.45) is 0. The van der Waals surface area contributed by atoms with Gasteiger partial charge in [0.25, 0.3) is 0 Å². The predicted octanol–water partition coefficient (Wildman–Crippen LogP) is 1.48. The van der Waals surface area contributed by atoms with Crippen molar-refractivity contribution in [1.82, 2.24) is 14.3 Å². The lowest BCUT2D eigenvalue weighted by molar-refractivity contribution is 0.372. The second-order valence-corrected chi connectivity index (χ2v) is 8.26. The summed E-state index contributed by atoms with van der Waals surface area (Å²) >= 11 is 0. The van der Waals surface area contributed by atoms with Crippen molar-refractivity contribution in [2.75, 3.05) is 38.2 Å². The third kappa shape index (κ3) is 3.86. The van der Waals surface area contributed by atoms with E-state index in [1.165, 1.54) is 11.4 Å². The van der Waals surface area contributed by atoms with E-state index in [1.807, 2.05) is 24.0 Å². The van der Waals surface area contributed by atoms with Gasteiger partial charge in [-0.25, -0.2) is 18.4 Å². The monoisotopic (exact) mass is 387 g/mol. The number of rotatable bonds is 4. The SMILES string of the molecule is COc1ccc(C)cc1S(=O)(=O)N1CCN(c2nc(C)cc(C#N)n2)CC1. The van der Waals surface area contributed by atoms with E-state index in [0.717, 1.165) is 5.56 Å². The van der Waals surface area contributed by atoms with Crippen LogP contribution < -0.4 is 9.64 Å². The summed E-state index contributed by atoms with van der Waals surface area (Å²) < 4.78 is 32.8. The quantitative estimate of drug-likeness (QED) is 0.783. The fraction of sp³-hybridized carbons (Fsp3) is 0.389. The summed E-state index contributed by atoms with van der Waals surface area (Å²) in [6, 6.07) is 8.76. The highest BCUT2D eigenvalue weighted by molar-refractivity contribution is 7.89. The molecule has 2 aromatic rings. The summed E-state index contributed by atoms with van der Waals surface area (Å²) in [5, 5.41) is 9.07. The van der Waals surface area contributed by atoms with Gasteiger partial charge >= 0.3 is 0 Å². The van der Waals surface area contributed by atoms with Crippen LogP contribution in [0.2, 0.25) is 0 Å². The number of ether oxygens (including phenoxy) is 1. The van der Waals surface area contributed by atoms with Gasteiger partial charge in [-0.1, -0.05) is 6.07 Å². The van der Waals surface area contributed by atoms with Crippen LogP contribution in [0.15, 0.2) is 29.2 Å². The van der Waals surface area contributed by atoms with Gasteiger partial charge in [-0.3, -0.25) is 0 Å². The number of anilines is 1. The maximum Gasteiger partial charge on any atom is 0.246 e. The molecule has 0 unspecified atom stereocenters. The zero-order valence-electron chi connectivity index (χ0n) is 15.5. The van der Waals surface area contributed by atoms with E-state index in [2.05, 4.69) is 9.97 Å². The van der Waals surface area contributed by atoms with Crippen molar-refractivity contribution in [3.63, 3.8) is 0 Å². The van der Waals surface area contributed by atoms with Crippen LogP contribution in [0.3, 0.4) is 0 Å². The Kier molecular flexibility index (Phi) is 5.30. The molecule has 0 aliphatic carbocycles. The van der Waals surface area contributed by atoms with E-state index < -0.39 is 10.0 Å². The van der Waals surface area contributed by atoms with Gasteiger partial charge in [-0.2, -0.15) is 9.57 Å². The Labute approximate surface area is 159 Å². The molecule has 1 aromatic heterocycles. The summed E-state index contributed by atoms with van der Waals surface area (Å²) in [7, 11) is -2.20. The molecule has 0 radical (unpaired) electrons. The molecule has 1 aliphatic heterocycles. The van der Waals surface area contributed by atoms with Crippen molar-refractivity contribution in [3.05, 3.63) is 41.2 Å². The molecule has 8 nitrogen and oxygen atoms in total. The number of aromatic nitrogens is 2. The Morgan fingerprint density at radius 1 is 1.11 bits per heavy atom. The molecule has 3 rings (SSSR count). The number of hydrogen-bond donors (Lipinski definition) is 0. The number of aryl methyl sites for hydroxylation is 2. The van der Waals surface area contributed by atoms with Gasteiger partial charge in [-0.05, 0) is 37.6 Å². The molecule has 1 saturated heterocycles. The lowest BCUT2D eigenvalue weighted by Crippen LogP contribution is -2.49. The van der Waals surface area contributed by atoms with Crippen LogP contribution in [0.5, 0.6) is 5.75 Å². The lowest BCUT2D eigenvalue weighted by Gasteiger charge is -2.34. The van der Waals surface area contributed by atoms with E-state index in [0.29, 0.717) is 49.3 Å². The molecule has 27 heavy (non-hydrogen) atoms. The van der Waals surface area contributed by atoms with Gasteiger partial charge < -0.3 is 9.64 Å². The average molecular weight is 387 g/mol. The number of benzene rings is 1. The standard InChI is InChI=1S/C18H21N5O3S/c1-13-4-5-16(26-3)17(10-13)27(24,25)23-8-6-22(7-9-23)18-20-14(2)11-15(12-19)21-18/h4-5,10-11H,6-9H2,1-3H3. The molecule has 0 saturated carbocycles. The van der Waals surface area contributed by atoms with Crippen LogP contribution in [-0.4, -0.2) is 56.0 Å². The number of sulfonamides is 1. The highest BCUT2D eigenvalue weighted by Crippen LogP contribution is 2.28. The smallest absolute Gasteiger partial charge is 0.246 e. The molecular weight excluding hydrogens is 366 g/mol. The highest BCUT2D eigenvalue weighted by atomic mass is 32.2. The fourth-order valence-electron chi connectivity index (χ4n) is 3.00. The van der Waals surface area contributed by atoms with Gasteiger partial charge in [0, 0.05) is 31.9 Å². The van der Waals surface area contributed by atoms with Crippen LogP contribution in [0, 0.1) is 25.2 Å². The molecule has 0 spiro atoms. The van der Waals surface area contributed by atoms with Gasteiger partial charge in [0.15, 0.2) is 0 Å². The zero-order valence-corrected chi connectivity index (χ0v) is 16.3. The van der Waals surface area contributed by atoms with Crippen LogP contribution in [0.1, 0.15) is 17.0 Å². The first-order chi connectivity index (χ1) is 12.8. The third-order valence-electron chi connectivity index (χ3n) is 4.42. The van der Waals surface area contributed by atoms with Crippen molar-refractivity contribution in [2.45, 2.75) is 18.7 Å². The summed E-state index contributed by atoms with van der Waals surface area (Å²) in [6.45, 7) is 5.15. The van der Waals surface area contributed by atoms with Crippen LogP contribution >= 0.6 is 0 Å². The van der Waals surface area contributed by atoms with Gasteiger partial charge in [0.05, 0.1) is 7.11 Å². The first-order valence-corrected chi connectivity index (χ1v) is 9.94. The number of nitriles is 1. The topological polar surface area (TPSA) is 99.4 Å². The summed E-state index contributed by atoms with van der Waals surface area (Å²) in [5.41, 5.74) is 1.86. The Bertz CT molecular complexity index is 993. The van der Waals surface area contributed by atoms with Crippen molar-refractivity contribution in [3.8, 4) is 11.8 Å². The molecule has 0 amide bonds. The Morgan fingerprint density at radius 3 is 2.44 bits per heavy atom. The minimum absolute atomic E-state index is 0.178. The molecule has 2 heterocycles. The zero-order chi connectivity index (χ0) is 19.6. The fourth-order valence-corrected chi connectivity index (χ4v) is 4.67. The van der Waals surface area contributed by atoms with Crippen molar-refractivity contribution < 1.29 is 13.2 Å². The Morgan fingerprint density at radius 2 is 1.81 bits per heavy atom. The van der Waals surface area contributed by atoms with Crippen molar-refractivity contribution in [1.29, 1.82) is 5.26 Å². The number of hydrogen-bond acceptors (Lipinski definition) is 7. The summed E-state index contributed by atoms with van der Waals surface area (Å²) in [5.74, 6) is 0.792. The van der Waals surface area contributed by atoms with Crippen molar-refractivity contribution >= 4 is 16.0 Å². The first kappa shape index (κ1) is 19.1. The first-order valence-electron chi connectivity index (χ1n) is 8.50. The highest BCUT2D eigenvalue weighted by Gasteiger charge is 2.31. The normalized spacial score (nSPS) is 15.4. The minimum atomic E-state index is -3.67. The average Bonchev–Trinajstić information content (AvgIpc) is 2.67. The lowest BCUT2D eigenvalue weighted by atomic mass is 10.2. The number of piperazine rings is 1. The Balaban J connectivity index is 1.80. The Hall–Kier alpha value is -2.70. The largest absolute Gasteiger partial charge is 0.495 e. The van der Waals surface area contributed by atoms with Gasteiger partial charge in [-0.15, -0.1) is 0 Å². The molecule has 0 bridgehead atoms. The van der Waals surface area contributed by atoms with Crippen LogP contribution in [0.25, 0.3) is 0 Å². The van der Waals surface area contributed by atoms with E-state index in [9.17, 15) is 8.42 Å². The van der Waals surface area contributed by atoms with Crippen LogP contribution in [-0.2, 0) is 10.0 Å².